The van der Waals surface area contributed by atoms with Crippen LogP contribution in [0.2, 0.25) is 0 Å². The molecule has 148 valence electrons. The van der Waals surface area contributed by atoms with Gasteiger partial charge in [0.25, 0.3) is 0 Å². The van der Waals surface area contributed by atoms with Gasteiger partial charge < -0.3 is 4.74 Å². The first-order valence-electron chi connectivity index (χ1n) is 8.99. The number of ether oxygens (including phenoxy) is 1. The van der Waals surface area contributed by atoms with Crippen molar-refractivity contribution in [3.05, 3.63) is 65.2 Å². The zero-order valence-electron chi connectivity index (χ0n) is 16.2. The lowest BCUT2D eigenvalue weighted by atomic mass is 10.1. The van der Waals surface area contributed by atoms with E-state index in [1.165, 1.54) is 23.5 Å². The lowest BCUT2D eigenvalue weighted by molar-refractivity contribution is 0.155. The molecule has 0 fully saturated rings. The third-order valence-electron chi connectivity index (χ3n) is 4.48. The van der Waals surface area contributed by atoms with Crippen LogP contribution in [0.15, 0.2) is 42.6 Å². The van der Waals surface area contributed by atoms with Gasteiger partial charge in [0.05, 0.1) is 11.2 Å². The maximum atomic E-state index is 13.3. The molecule has 0 aliphatic heterocycles. The van der Waals surface area contributed by atoms with E-state index in [0.29, 0.717) is 10.7 Å². The largest absolute Gasteiger partial charge is 0.444 e. The van der Waals surface area contributed by atoms with Crippen LogP contribution in [0, 0.1) is 19.7 Å². The van der Waals surface area contributed by atoms with Gasteiger partial charge in [-0.05, 0) is 55.3 Å². The Balaban J connectivity index is 1.43. The van der Waals surface area contributed by atoms with Crippen molar-refractivity contribution in [2.45, 2.75) is 20.5 Å². The molecule has 2 heterocycles. The molecule has 4 aromatic rings. The smallest absolute Gasteiger partial charge is 0.412 e. The molecule has 2 aromatic heterocycles. The van der Waals surface area contributed by atoms with Crippen molar-refractivity contribution in [1.82, 2.24) is 14.8 Å². The average molecular weight is 410 g/mol. The van der Waals surface area contributed by atoms with E-state index in [2.05, 4.69) is 15.4 Å². The first-order chi connectivity index (χ1) is 13.9. The summed E-state index contributed by atoms with van der Waals surface area (Å²) in [5, 5.41) is 9.39. The van der Waals surface area contributed by atoms with Gasteiger partial charge in [-0.15, -0.1) is 0 Å². The Hall–Kier alpha value is -3.26. The van der Waals surface area contributed by atoms with Gasteiger partial charge in [0, 0.05) is 24.2 Å². The number of carbonyl (C=O) groups is 1. The van der Waals surface area contributed by atoms with Crippen LogP contribution in [0.3, 0.4) is 0 Å². The summed E-state index contributed by atoms with van der Waals surface area (Å²) < 4.78 is 20.4. The van der Waals surface area contributed by atoms with Crippen LogP contribution in [0.1, 0.15) is 16.8 Å². The molecule has 0 bridgehead atoms. The molecule has 0 atom stereocenters. The summed E-state index contributed by atoms with van der Waals surface area (Å²) in [7, 11) is 1.86. The maximum Gasteiger partial charge on any atom is 0.412 e. The molecule has 0 spiro atoms. The number of carbonyl (C=O) groups excluding carboxylic acids is 1. The molecule has 4 rings (SSSR count). The second kappa shape index (κ2) is 7.63. The van der Waals surface area contributed by atoms with Crippen molar-refractivity contribution in [2.24, 2.45) is 7.05 Å². The molecule has 0 aliphatic rings. The molecule has 1 N–H and O–H groups in total. The fourth-order valence-corrected chi connectivity index (χ4v) is 4.10. The summed E-state index contributed by atoms with van der Waals surface area (Å²) >= 11 is 1.33. The third kappa shape index (κ3) is 4.12. The molecule has 8 heteroatoms. The van der Waals surface area contributed by atoms with Crippen molar-refractivity contribution in [3.8, 4) is 10.6 Å². The second-order valence-electron chi connectivity index (χ2n) is 6.79. The summed E-state index contributed by atoms with van der Waals surface area (Å²) in [5.41, 5.74) is 4.08. The Morgan fingerprint density at radius 1 is 1.24 bits per heavy atom. The summed E-state index contributed by atoms with van der Waals surface area (Å²) in [4.78, 5) is 16.7. The van der Waals surface area contributed by atoms with E-state index >= 15 is 0 Å². The highest BCUT2D eigenvalue weighted by atomic mass is 32.1. The number of amides is 1. The van der Waals surface area contributed by atoms with E-state index in [1.807, 2.05) is 45.3 Å². The predicted octanol–water partition coefficient (Wildman–Crippen LogP) is 5.20. The van der Waals surface area contributed by atoms with Crippen LogP contribution in [0.5, 0.6) is 0 Å². The average Bonchev–Trinajstić information content (AvgIpc) is 3.21. The zero-order valence-corrected chi connectivity index (χ0v) is 17.0. The second-order valence-corrected chi connectivity index (χ2v) is 7.79. The fraction of sp³-hybridized carbons (Fsp3) is 0.190. The number of fused-ring (bicyclic) bond motifs is 1. The standard InChI is InChI=1S/C21H19FN4O2S/c1-12-8-16(22)5-6-17(12)20-23-13(2)19(29-20)24-21(27)28-11-14-4-7-18-15(9-14)10-26(3)25-18/h4-10H,11H2,1-3H3,(H,24,27). The van der Waals surface area contributed by atoms with E-state index in [0.717, 1.165) is 32.6 Å². The number of hydrogen-bond acceptors (Lipinski definition) is 5. The molecule has 0 unspecified atom stereocenters. The molecule has 0 saturated heterocycles. The number of rotatable bonds is 4. The predicted molar refractivity (Wildman–Crippen MR) is 112 cm³/mol. The number of nitrogens with zero attached hydrogens (tertiary/aromatic N) is 3. The van der Waals surface area contributed by atoms with Gasteiger partial charge >= 0.3 is 6.09 Å². The number of aromatic nitrogens is 3. The minimum absolute atomic E-state index is 0.151. The van der Waals surface area contributed by atoms with Gasteiger partial charge in [-0.2, -0.15) is 5.10 Å². The Labute approximate surface area is 171 Å². The van der Waals surface area contributed by atoms with Crippen molar-refractivity contribution >= 4 is 33.3 Å². The maximum absolute atomic E-state index is 13.3. The van der Waals surface area contributed by atoms with Gasteiger partial charge in [-0.1, -0.05) is 17.4 Å². The zero-order chi connectivity index (χ0) is 20.5. The molecule has 1 amide bonds. The van der Waals surface area contributed by atoms with Crippen LogP contribution in [0.4, 0.5) is 14.2 Å². The monoisotopic (exact) mass is 410 g/mol. The SMILES string of the molecule is Cc1cc(F)ccc1-c1nc(C)c(NC(=O)OCc2ccc3nn(C)cc3c2)s1. The number of aryl methyl sites for hydroxylation is 3. The first-order valence-corrected chi connectivity index (χ1v) is 9.81. The molecule has 29 heavy (non-hydrogen) atoms. The van der Waals surface area contributed by atoms with Crippen LogP contribution >= 0.6 is 11.3 Å². The quantitative estimate of drug-likeness (QED) is 0.502. The molecular formula is C21H19FN4O2S. The highest BCUT2D eigenvalue weighted by molar-refractivity contribution is 7.19. The molecular weight excluding hydrogens is 391 g/mol. The number of halogens is 1. The number of benzene rings is 2. The van der Waals surface area contributed by atoms with E-state index < -0.39 is 6.09 Å². The Morgan fingerprint density at radius 3 is 2.86 bits per heavy atom. The summed E-state index contributed by atoms with van der Waals surface area (Å²) in [6.45, 7) is 3.79. The van der Waals surface area contributed by atoms with Gasteiger partial charge in [0.1, 0.15) is 22.4 Å². The topological polar surface area (TPSA) is 69.0 Å². The van der Waals surface area contributed by atoms with Gasteiger partial charge in [-0.25, -0.2) is 14.2 Å². The van der Waals surface area contributed by atoms with E-state index in [9.17, 15) is 9.18 Å². The highest BCUT2D eigenvalue weighted by Gasteiger charge is 2.14. The number of hydrogen-bond donors (Lipinski definition) is 1. The van der Waals surface area contributed by atoms with E-state index in [-0.39, 0.29) is 12.4 Å². The van der Waals surface area contributed by atoms with Gasteiger partial charge in [0.15, 0.2) is 0 Å². The molecule has 6 nitrogen and oxygen atoms in total. The van der Waals surface area contributed by atoms with Gasteiger partial charge in [-0.3, -0.25) is 10.00 Å². The van der Waals surface area contributed by atoms with Crippen molar-refractivity contribution in [1.29, 1.82) is 0 Å². The van der Waals surface area contributed by atoms with E-state index in [1.54, 1.807) is 10.7 Å². The molecule has 2 aromatic carbocycles. The number of nitrogens with one attached hydrogen (secondary N) is 1. The lowest BCUT2D eigenvalue weighted by Gasteiger charge is -2.06. The minimum Gasteiger partial charge on any atom is -0.444 e. The summed E-state index contributed by atoms with van der Waals surface area (Å²) in [6.07, 6.45) is 1.36. The lowest BCUT2D eigenvalue weighted by Crippen LogP contribution is -2.13. The molecule has 0 aliphatic carbocycles. The highest BCUT2D eigenvalue weighted by Crippen LogP contribution is 2.33. The van der Waals surface area contributed by atoms with Crippen molar-refractivity contribution < 1.29 is 13.9 Å². The number of thiazole rings is 1. The Kier molecular flexibility index (Phi) is 5.02. The van der Waals surface area contributed by atoms with Crippen LogP contribution in [-0.4, -0.2) is 20.9 Å². The normalized spacial score (nSPS) is 11.0. The van der Waals surface area contributed by atoms with Crippen LogP contribution in [-0.2, 0) is 18.4 Å². The van der Waals surface area contributed by atoms with E-state index in [4.69, 9.17) is 4.74 Å². The van der Waals surface area contributed by atoms with Crippen molar-refractivity contribution in [2.75, 3.05) is 5.32 Å². The molecule has 0 saturated carbocycles. The van der Waals surface area contributed by atoms with Gasteiger partial charge in [0.2, 0.25) is 0 Å². The summed E-state index contributed by atoms with van der Waals surface area (Å²) in [5.74, 6) is -0.286. The van der Waals surface area contributed by atoms with Crippen LogP contribution < -0.4 is 5.32 Å². The first kappa shape index (κ1) is 19.1. The Morgan fingerprint density at radius 2 is 2.07 bits per heavy atom. The van der Waals surface area contributed by atoms with Crippen LogP contribution in [0.25, 0.3) is 21.5 Å². The third-order valence-corrected chi connectivity index (χ3v) is 5.59. The van der Waals surface area contributed by atoms with Crippen molar-refractivity contribution in [3.63, 3.8) is 0 Å². The fourth-order valence-electron chi connectivity index (χ4n) is 3.06. The Bertz CT molecular complexity index is 1210. The summed E-state index contributed by atoms with van der Waals surface area (Å²) in [6, 6.07) is 10.3. The minimum atomic E-state index is -0.551. The molecule has 0 radical (unpaired) electrons. The number of anilines is 1.